The van der Waals surface area contributed by atoms with E-state index in [1.165, 1.54) is 15.6 Å². The van der Waals surface area contributed by atoms with E-state index in [1.807, 2.05) is 0 Å². The number of imidazole rings is 1. The molecule has 0 unspecified atom stereocenters. The maximum absolute atomic E-state index is 11.2. The average molecular weight is 493 g/mol. The van der Waals surface area contributed by atoms with Gasteiger partial charge in [-0.25, -0.2) is 9.78 Å². The number of anilines is 3. The van der Waals surface area contributed by atoms with Crippen molar-refractivity contribution in [2.24, 2.45) is 0 Å². The Morgan fingerprint density at radius 3 is 2.63 bits per heavy atom. The number of amides is 1. The van der Waals surface area contributed by atoms with Crippen LogP contribution in [0, 0.1) is 22.7 Å². The lowest BCUT2D eigenvalue weighted by atomic mass is 10.1. The van der Waals surface area contributed by atoms with Gasteiger partial charge in [0.2, 0.25) is 5.95 Å². The molecule has 0 radical (unpaired) electrons. The molecule has 1 saturated carbocycles. The molecule has 1 aliphatic heterocycles. The number of rotatable bonds is 6. The van der Waals surface area contributed by atoms with Crippen molar-refractivity contribution < 1.29 is 9.90 Å². The Morgan fingerprint density at radius 1 is 1.20 bits per heavy atom. The molecule has 0 spiro atoms. The number of hydrogen-bond acceptors (Lipinski definition) is 9. The minimum absolute atomic E-state index is 0.202. The van der Waals surface area contributed by atoms with Gasteiger partial charge in [-0.05, 0) is 30.5 Å². The number of aromatic nitrogens is 4. The fourth-order valence-electron chi connectivity index (χ4n) is 3.94. The highest BCUT2D eigenvalue weighted by Crippen LogP contribution is 2.32. The summed E-state index contributed by atoms with van der Waals surface area (Å²) in [5.74, 6) is 0.712. The van der Waals surface area contributed by atoms with Gasteiger partial charge in [0, 0.05) is 38.8 Å². The Labute approximate surface area is 205 Å². The van der Waals surface area contributed by atoms with Crippen LogP contribution in [0.15, 0.2) is 18.3 Å². The van der Waals surface area contributed by atoms with Crippen LogP contribution in [0.25, 0.3) is 5.65 Å². The molecular weight excluding hydrogens is 472 g/mol. The predicted molar refractivity (Wildman–Crippen MR) is 126 cm³/mol. The molecule has 2 aliphatic rings. The van der Waals surface area contributed by atoms with E-state index < -0.39 is 6.09 Å². The molecule has 0 atom stereocenters. The number of fused-ring (bicyclic) bond motifs is 1. The molecule has 12 nitrogen and oxygen atoms in total. The zero-order chi connectivity index (χ0) is 24.5. The first-order valence-corrected chi connectivity index (χ1v) is 11.4. The summed E-state index contributed by atoms with van der Waals surface area (Å²) in [6.45, 7) is 2.41. The van der Waals surface area contributed by atoms with Crippen molar-refractivity contribution in [3.05, 3.63) is 40.2 Å². The third-order valence-corrected chi connectivity index (χ3v) is 6.40. The summed E-state index contributed by atoms with van der Waals surface area (Å²) in [6.07, 6.45) is 2.58. The molecule has 2 aromatic heterocycles. The quantitative estimate of drug-likeness (QED) is 0.466. The lowest BCUT2D eigenvalue weighted by Crippen LogP contribution is -2.47. The summed E-state index contributed by atoms with van der Waals surface area (Å²) < 4.78 is 1.42. The first-order chi connectivity index (χ1) is 16.9. The summed E-state index contributed by atoms with van der Waals surface area (Å²) in [5, 5.41) is 39.4. The highest BCUT2D eigenvalue weighted by atomic mass is 35.5. The van der Waals surface area contributed by atoms with Crippen molar-refractivity contribution >= 4 is 40.8 Å². The molecule has 2 fully saturated rings. The topological polar surface area (TPSA) is 158 Å². The van der Waals surface area contributed by atoms with Gasteiger partial charge in [0.15, 0.2) is 17.2 Å². The first-order valence-electron chi connectivity index (χ1n) is 11.1. The van der Waals surface area contributed by atoms with E-state index in [0.29, 0.717) is 66.5 Å². The molecule has 1 aromatic carbocycles. The average Bonchev–Trinajstić information content (AvgIpc) is 3.57. The molecule has 3 aromatic rings. The van der Waals surface area contributed by atoms with E-state index in [2.05, 4.69) is 42.7 Å². The second-order valence-electron chi connectivity index (χ2n) is 8.47. The third kappa shape index (κ3) is 4.75. The van der Waals surface area contributed by atoms with E-state index in [1.54, 1.807) is 12.1 Å². The molecule has 0 bridgehead atoms. The predicted octanol–water partition coefficient (Wildman–Crippen LogP) is 2.63. The van der Waals surface area contributed by atoms with E-state index >= 15 is 0 Å². The van der Waals surface area contributed by atoms with Crippen LogP contribution >= 0.6 is 11.6 Å². The van der Waals surface area contributed by atoms with Gasteiger partial charge in [0.1, 0.15) is 6.07 Å². The highest BCUT2D eigenvalue weighted by Gasteiger charge is 2.25. The number of piperazine rings is 1. The van der Waals surface area contributed by atoms with Crippen molar-refractivity contribution in [3.63, 3.8) is 0 Å². The fraction of sp³-hybridized carbons (Fsp3) is 0.364. The smallest absolute Gasteiger partial charge is 0.407 e. The SMILES string of the molecule is N#Cc1cc(CN2CCN(C(=O)O)CC2)c(Cl)c(Nc2nc(NC3CC3)c3ncc(C#N)n3n2)c1. The minimum atomic E-state index is -0.925. The molecule has 1 amide bonds. The summed E-state index contributed by atoms with van der Waals surface area (Å²) in [7, 11) is 0. The maximum atomic E-state index is 11.2. The molecule has 178 valence electrons. The highest BCUT2D eigenvalue weighted by molar-refractivity contribution is 6.34. The fourth-order valence-corrected chi connectivity index (χ4v) is 4.16. The molecule has 3 N–H and O–H groups in total. The van der Waals surface area contributed by atoms with Crippen LogP contribution in [0.4, 0.5) is 22.2 Å². The Hall–Kier alpha value is -4.13. The summed E-state index contributed by atoms with van der Waals surface area (Å²) in [5.41, 5.74) is 2.32. The Balaban J connectivity index is 1.44. The molecule has 1 aliphatic carbocycles. The van der Waals surface area contributed by atoms with Crippen LogP contribution in [0.3, 0.4) is 0 Å². The van der Waals surface area contributed by atoms with Crippen molar-refractivity contribution in [1.82, 2.24) is 29.4 Å². The van der Waals surface area contributed by atoms with Crippen molar-refractivity contribution in [1.29, 1.82) is 10.5 Å². The number of halogens is 1. The number of carboxylic acid groups (broad SMARTS) is 1. The van der Waals surface area contributed by atoms with E-state index in [0.717, 1.165) is 18.4 Å². The van der Waals surface area contributed by atoms with E-state index in [4.69, 9.17) is 16.7 Å². The zero-order valence-corrected chi connectivity index (χ0v) is 19.3. The van der Waals surface area contributed by atoms with E-state index in [9.17, 15) is 15.3 Å². The number of nitrogens with zero attached hydrogens (tertiary/aromatic N) is 8. The number of nitrogens with one attached hydrogen (secondary N) is 2. The molecule has 1 saturated heterocycles. The molecule has 35 heavy (non-hydrogen) atoms. The Bertz CT molecular complexity index is 1380. The molecule has 5 rings (SSSR count). The van der Waals surface area contributed by atoms with Gasteiger partial charge in [0.05, 0.1) is 28.5 Å². The monoisotopic (exact) mass is 492 g/mol. The maximum Gasteiger partial charge on any atom is 0.407 e. The minimum Gasteiger partial charge on any atom is -0.465 e. The second-order valence-corrected chi connectivity index (χ2v) is 8.85. The molecular formula is C22H21ClN10O2. The van der Waals surface area contributed by atoms with Gasteiger partial charge in [0.25, 0.3) is 0 Å². The van der Waals surface area contributed by atoms with Crippen LogP contribution in [-0.4, -0.2) is 72.8 Å². The van der Waals surface area contributed by atoms with Crippen molar-refractivity contribution in [2.45, 2.75) is 25.4 Å². The number of nitriles is 2. The normalized spacial score (nSPS) is 16.0. The van der Waals surface area contributed by atoms with Crippen LogP contribution in [-0.2, 0) is 6.54 Å². The van der Waals surface area contributed by atoms with Crippen molar-refractivity contribution in [2.75, 3.05) is 36.8 Å². The zero-order valence-electron chi connectivity index (χ0n) is 18.6. The largest absolute Gasteiger partial charge is 0.465 e. The van der Waals surface area contributed by atoms with E-state index in [-0.39, 0.29) is 11.6 Å². The number of benzene rings is 1. The Morgan fingerprint density at radius 2 is 1.97 bits per heavy atom. The Kier molecular flexibility index (Phi) is 5.99. The number of hydrogen-bond donors (Lipinski definition) is 3. The summed E-state index contributed by atoms with van der Waals surface area (Å²) in [6, 6.07) is 7.88. The lowest BCUT2D eigenvalue weighted by Gasteiger charge is -2.33. The van der Waals surface area contributed by atoms with Crippen LogP contribution in [0.1, 0.15) is 29.7 Å². The van der Waals surface area contributed by atoms with Gasteiger partial charge in [-0.3, -0.25) is 4.90 Å². The summed E-state index contributed by atoms with van der Waals surface area (Å²) >= 11 is 6.73. The van der Waals surface area contributed by atoms with Gasteiger partial charge >= 0.3 is 6.09 Å². The van der Waals surface area contributed by atoms with Gasteiger partial charge in [-0.15, -0.1) is 5.10 Å². The van der Waals surface area contributed by atoms with Crippen LogP contribution in [0.2, 0.25) is 5.02 Å². The third-order valence-electron chi connectivity index (χ3n) is 5.96. The standard InChI is InChI=1S/C22H21ClN10O2/c23-18-14(12-31-3-5-32(6-4-31)22(34)35)7-13(9-24)8-17(18)28-21-29-19(27-15-1-2-15)20-26-11-16(10-25)33(20)30-21/h7-8,11,15H,1-6,12H2,(H,34,35)(H2,27,28,29,30). The lowest BCUT2D eigenvalue weighted by molar-refractivity contribution is 0.103. The molecule has 13 heteroatoms. The van der Waals surface area contributed by atoms with Gasteiger partial charge in [-0.1, -0.05) is 11.6 Å². The van der Waals surface area contributed by atoms with Crippen LogP contribution < -0.4 is 10.6 Å². The second kappa shape index (κ2) is 9.25. The van der Waals surface area contributed by atoms with Crippen LogP contribution in [0.5, 0.6) is 0 Å². The first kappa shape index (κ1) is 22.7. The number of carbonyl (C=O) groups is 1. The summed E-state index contributed by atoms with van der Waals surface area (Å²) in [4.78, 5) is 23.5. The van der Waals surface area contributed by atoms with Crippen molar-refractivity contribution in [3.8, 4) is 12.1 Å². The van der Waals surface area contributed by atoms with Gasteiger partial charge < -0.3 is 20.6 Å². The van der Waals surface area contributed by atoms with Gasteiger partial charge in [-0.2, -0.15) is 20.0 Å². The molecule has 3 heterocycles.